The van der Waals surface area contributed by atoms with Crippen LogP contribution in [-0.2, 0) is 41.6 Å². The van der Waals surface area contributed by atoms with Crippen LogP contribution in [0.4, 0.5) is 0 Å². The molecule has 26 heavy (non-hydrogen) atoms. The molecule has 148 valence electrons. The summed E-state index contributed by atoms with van der Waals surface area (Å²) in [7, 11) is 1.66. The molecule has 0 spiro atoms. The van der Waals surface area contributed by atoms with Crippen LogP contribution in [0.5, 0.6) is 5.75 Å². The van der Waals surface area contributed by atoms with Crippen LogP contribution >= 0.6 is 0 Å². The Bertz CT molecular complexity index is 443. The summed E-state index contributed by atoms with van der Waals surface area (Å²) in [5.74, 6) is 0.807. The second kappa shape index (κ2) is 13.9. The first-order valence-corrected chi connectivity index (χ1v) is 9.03. The van der Waals surface area contributed by atoms with Gasteiger partial charge in [0.1, 0.15) is 5.75 Å². The molecule has 0 amide bonds. The average Bonchev–Trinajstić information content (AvgIpc) is 2.66. The Morgan fingerprint density at radius 3 is 1.27 bits per heavy atom. The second-order valence-corrected chi connectivity index (χ2v) is 5.66. The molecule has 0 N–H and O–H groups in total. The first-order chi connectivity index (χ1) is 12.9. The summed E-state index contributed by atoms with van der Waals surface area (Å²) in [5, 5.41) is 0. The molecule has 0 fully saturated rings. The highest BCUT2D eigenvalue weighted by Crippen LogP contribution is 2.25. The Kier molecular flexibility index (Phi) is 11.3. The van der Waals surface area contributed by atoms with Gasteiger partial charge in [0, 0.05) is 11.1 Å². The molecule has 0 aromatic heterocycles. The van der Waals surface area contributed by atoms with Crippen molar-refractivity contribution in [2.75, 3.05) is 73.2 Å². The molecule has 7 heteroatoms. The molecule has 0 saturated heterocycles. The number of methoxy groups -OCH3 is 1. The summed E-state index contributed by atoms with van der Waals surface area (Å²) in [6, 6.07) is 5.97. The van der Waals surface area contributed by atoms with Gasteiger partial charge in [-0.2, -0.15) is 0 Å². The van der Waals surface area contributed by atoms with Crippen molar-refractivity contribution in [3.63, 3.8) is 0 Å². The number of benzene rings is 1. The van der Waals surface area contributed by atoms with E-state index in [-0.39, 0.29) is 0 Å². The highest BCUT2D eigenvalue weighted by molar-refractivity contribution is 5.40. The zero-order valence-corrected chi connectivity index (χ0v) is 15.6. The van der Waals surface area contributed by atoms with Crippen molar-refractivity contribution < 1.29 is 33.2 Å². The maximum Gasteiger partial charge on any atom is 0.129 e. The Hall–Kier alpha value is -1.22. The van der Waals surface area contributed by atoms with E-state index in [1.54, 1.807) is 7.11 Å². The molecule has 1 aliphatic heterocycles. The second-order valence-electron chi connectivity index (χ2n) is 5.66. The van der Waals surface area contributed by atoms with E-state index in [0.717, 1.165) is 16.9 Å². The molecular weight excluding hydrogens is 340 g/mol. The largest absolute Gasteiger partial charge is 0.496 e. The van der Waals surface area contributed by atoms with Crippen LogP contribution in [0.25, 0.3) is 0 Å². The minimum atomic E-state index is 0.470. The third-order valence-electron chi connectivity index (χ3n) is 3.76. The lowest BCUT2D eigenvalue weighted by molar-refractivity contribution is -0.0181. The molecule has 1 aliphatic rings. The fourth-order valence-electron chi connectivity index (χ4n) is 2.49. The third-order valence-corrected chi connectivity index (χ3v) is 3.76. The fourth-order valence-corrected chi connectivity index (χ4v) is 2.49. The van der Waals surface area contributed by atoms with Crippen LogP contribution in [0.15, 0.2) is 18.2 Å². The van der Waals surface area contributed by atoms with Gasteiger partial charge >= 0.3 is 0 Å². The quantitative estimate of drug-likeness (QED) is 0.747. The van der Waals surface area contributed by atoms with Crippen molar-refractivity contribution in [1.29, 1.82) is 0 Å². The van der Waals surface area contributed by atoms with Crippen molar-refractivity contribution in [1.82, 2.24) is 0 Å². The molecule has 0 unspecified atom stereocenters. The van der Waals surface area contributed by atoms with Gasteiger partial charge in [-0.1, -0.05) is 18.2 Å². The number of ether oxygens (including phenoxy) is 7. The van der Waals surface area contributed by atoms with Crippen molar-refractivity contribution in [3.8, 4) is 5.75 Å². The molecule has 2 bridgehead atoms. The number of fused-ring (bicyclic) bond motifs is 2. The third kappa shape index (κ3) is 8.44. The Morgan fingerprint density at radius 1 is 0.577 bits per heavy atom. The van der Waals surface area contributed by atoms with Crippen molar-refractivity contribution in [3.05, 3.63) is 29.3 Å². The smallest absolute Gasteiger partial charge is 0.129 e. The van der Waals surface area contributed by atoms with Crippen molar-refractivity contribution in [2.24, 2.45) is 0 Å². The van der Waals surface area contributed by atoms with Gasteiger partial charge in [-0.05, 0) is 0 Å². The van der Waals surface area contributed by atoms with Crippen LogP contribution in [0.3, 0.4) is 0 Å². The zero-order valence-electron chi connectivity index (χ0n) is 15.6. The lowest BCUT2D eigenvalue weighted by atomic mass is 10.1. The molecule has 0 radical (unpaired) electrons. The van der Waals surface area contributed by atoms with Gasteiger partial charge < -0.3 is 33.2 Å². The molecule has 0 aliphatic carbocycles. The highest BCUT2D eigenvalue weighted by atomic mass is 16.6. The molecule has 1 aromatic carbocycles. The highest BCUT2D eigenvalue weighted by Gasteiger charge is 2.09. The lowest BCUT2D eigenvalue weighted by Gasteiger charge is -2.14. The number of hydrogen-bond donors (Lipinski definition) is 0. The molecule has 0 atom stereocenters. The SMILES string of the molecule is COc1c2cccc1COCCOCCOCCOCCOCCOC2. The van der Waals surface area contributed by atoms with E-state index >= 15 is 0 Å². The van der Waals surface area contributed by atoms with Crippen LogP contribution in [0, 0.1) is 0 Å². The van der Waals surface area contributed by atoms with Gasteiger partial charge in [0.25, 0.3) is 0 Å². The van der Waals surface area contributed by atoms with E-state index in [9.17, 15) is 0 Å². The summed E-state index contributed by atoms with van der Waals surface area (Å²) in [6.45, 7) is 6.33. The normalized spacial score (nSPS) is 20.0. The molecule has 7 nitrogen and oxygen atoms in total. The predicted molar refractivity (Wildman–Crippen MR) is 95.6 cm³/mol. The van der Waals surface area contributed by atoms with Crippen LogP contribution < -0.4 is 4.74 Å². The van der Waals surface area contributed by atoms with Gasteiger partial charge in [-0.15, -0.1) is 0 Å². The average molecular weight is 370 g/mol. The Labute approximate surface area is 155 Å². The van der Waals surface area contributed by atoms with E-state index in [1.165, 1.54) is 0 Å². The van der Waals surface area contributed by atoms with Crippen molar-refractivity contribution in [2.45, 2.75) is 13.2 Å². The zero-order chi connectivity index (χ0) is 18.3. The monoisotopic (exact) mass is 370 g/mol. The summed E-state index contributed by atoms with van der Waals surface area (Å²) < 4.78 is 38.7. The number of rotatable bonds is 1. The first kappa shape index (κ1) is 21.1. The first-order valence-electron chi connectivity index (χ1n) is 9.03. The van der Waals surface area contributed by atoms with Gasteiger partial charge in [0.05, 0.1) is 86.4 Å². The standard InChI is InChI=1S/C19H30O7/c1-20-19-17-3-2-4-18(19)16-26-14-12-24-10-8-22-6-5-21-7-9-23-11-13-25-15-17/h2-4H,5-16H2,1H3. The molecule has 1 aromatic rings. The topological polar surface area (TPSA) is 64.6 Å². The minimum absolute atomic E-state index is 0.470. The maximum absolute atomic E-state index is 5.69. The lowest BCUT2D eigenvalue weighted by Crippen LogP contribution is -2.13. The number of para-hydroxylation sites is 1. The van der Waals surface area contributed by atoms with E-state index in [0.29, 0.717) is 79.3 Å². The van der Waals surface area contributed by atoms with E-state index in [4.69, 9.17) is 33.2 Å². The van der Waals surface area contributed by atoms with Crippen molar-refractivity contribution >= 4 is 0 Å². The molecule has 0 saturated carbocycles. The predicted octanol–water partition coefficient (Wildman–Crippen LogP) is 1.81. The van der Waals surface area contributed by atoms with Gasteiger partial charge in [0.2, 0.25) is 0 Å². The summed E-state index contributed by atoms with van der Waals surface area (Å²) in [5.41, 5.74) is 1.99. The summed E-state index contributed by atoms with van der Waals surface area (Å²) in [6.07, 6.45) is 0. The number of hydrogen-bond acceptors (Lipinski definition) is 7. The fraction of sp³-hybridized carbons (Fsp3) is 0.684. The van der Waals surface area contributed by atoms with Gasteiger partial charge in [0.15, 0.2) is 0 Å². The maximum atomic E-state index is 5.69. The van der Waals surface area contributed by atoms with Crippen LogP contribution in [0.1, 0.15) is 11.1 Å². The summed E-state index contributed by atoms with van der Waals surface area (Å²) in [4.78, 5) is 0. The van der Waals surface area contributed by atoms with Gasteiger partial charge in [-0.3, -0.25) is 0 Å². The minimum Gasteiger partial charge on any atom is -0.496 e. The van der Waals surface area contributed by atoms with E-state index < -0.39 is 0 Å². The van der Waals surface area contributed by atoms with E-state index in [1.807, 2.05) is 18.2 Å². The van der Waals surface area contributed by atoms with E-state index in [2.05, 4.69) is 0 Å². The van der Waals surface area contributed by atoms with Crippen LogP contribution in [-0.4, -0.2) is 73.2 Å². The molecule has 1 heterocycles. The Balaban J connectivity index is 1.84. The Morgan fingerprint density at radius 2 is 0.923 bits per heavy atom. The summed E-state index contributed by atoms with van der Waals surface area (Å²) >= 11 is 0. The van der Waals surface area contributed by atoms with Gasteiger partial charge in [-0.25, -0.2) is 0 Å². The molecule has 2 rings (SSSR count). The molecular formula is C19H30O7. The van der Waals surface area contributed by atoms with Crippen LogP contribution in [0.2, 0.25) is 0 Å².